The van der Waals surface area contributed by atoms with Crippen molar-refractivity contribution in [3.05, 3.63) is 58.3 Å². The lowest BCUT2D eigenvalue weighted by molar-refractivity contribution is 0.442. The Kier molecular flexibility index (Phi) is 5.14. The molecule has 1 spiro atoms. The van der Waals surface area contributed by atoms with Gasteiger partial charge in [-0.15, -0.1) is 11.6 Å². The number of hydrogen-bond acceptors (Lipinski definition) is 6. The molecule has 0 bridgehead atoms. The number of piperazine rings is 1. The number of anilines is 1. The monoisotopic (exact) mass is 451 g/mol. The quantitative estimate of drug-likeness (QED) is 0.472. The molecular formula is C23H26ClN7O. The van der Waals surface area contributed by atoms with Crippen LogP contribution in [0.4, 0.5) is 5.69 Å². The average Bonchev–Trinajstić information content (AvgIpc) is 3.42. The van der Waals surface area contributed by atoms with Gasteiger partial charge >= 0.3 is 0 Å². The maximum absolute atomic E-state index is 12.9. The van der Waals surface area contributed by atoms with Gasteiger partial charge in [-0.2, -0.15) is 5.10 Å². The SMILES string of the molecule is CCl.Cc1cn2nc(-c3cc(=O)n4cc(N5CCNC6(CC6)C5)ccc4n3)cc(C)c2n1. The lowest BCUT2D eigenvalue weighted by Gasteiger charge is -2.35. The highest BCUT2D eigenvalue weighted by molar-refractivity contribution is 6.15. The lowest BCUT2D eigenvalue weighted by atomic mass is 10.1. The standard InChI is InChI=1S/C22H23N7O.CH3Cl/c1-14-9-18(26-29-11-15(2)24-21(14)29)17-10-20(30)28-12-16(3-4-19(28)25-17)27-8-7-23-22(13-27)5-6-22;1-2/h3-4,9-12,23H,5-8,13H2,1-2H3;1H3. The van der Waals surface area contributed by atoms with Crippen molar-refractivity contribution >= 4 is 28.6 Å². The predicted molar refractivity (Wildman–Crippen MR) is 127 cm³/mol. The molecule has 1 N–H and O–H groups in total. The van der Waals surface area contributed by atoms with E-state index in [1.54, 1.807) is 15.0 Å². The van der Waals surface area contributed by atoms with Crippen LogP contribution < -0.4 is 15.8 Å². The summed E-state index contributed by atoms with van der Waals surface area (Å²) in [6.07, 6.45) is 7.73. The molecule has 8 nitrogen and oxygen atoms in total. The van der Waals surface area contributed by atoms with Crippen molar-refractivity contribution in [3.63, 3.8) is 0 Å². The Morgan fingerprint density at radius 3 is 2.66 bits per heavy atom. The van der Waals surface area contributed by atoms with E-state index in [4.69, 9.17) is 4.98 Å². The largest absolute Gasteiger partial charge is 0.367 e. The molecule has 32 heavy (non-hydrogen) atoms. The molecule has 1 aliphatic heterocycles. The van der Waals surface area contributed by atoms with E-state index < -0.39 is 0 Å². The Morgan fingerprint density at radius 1 is 1.06 bits per heavy atom. The molecule has 1 saturated carbocycles. The first kappa shape index (κ1) is 20.9. The number of nitrogens with zero attached hydrogens (tertiary/aromatic N) is 6. The molecule has 9 heteroatoms. The summed E-state index contributed by atoms with van der Waals surface area (Å²) in [5, 5.41) is 8.24. The van der Waals surface area contributed by atoms with Gasteiger partial charge < -0.3 is 10.2 Å². The van der Waals surface area contributed by atoms with E-state index in [1.165, 1.54) is 19.2 Å². The van der Waals surface area contributed by atoms with Crippen LogP contribution in [0.1, 0.15) is 24.1 Å². The molecule has 5 heterocycles. The molecule has 0 atom stereocenters. The fourth-order valence-corrected chi connectivity index (χ4v) is 4.44. The lowest BCUT2D eigenvalue weighted by Crippen LogP contribution is -2.52. The minimum Gasteiger partial charge on any atom is -0.367 e. The second-order valence-corrected chi connectivity index (χ2v) is 8.59. The summed E-state index contributed by atoms with van der Waals surface area (Å²) >= 11 is 4.64. The van der Waals surface area contributed by atoms with Gasteiger partial charge in [-0.25, -0.2) is 14.5 Å². The van der Waals surface area contributed by atoms with Crippen LogP contribution in [-0.2, 0) is 0 Å². The smallest absolute Gasteiger partial charge is 0.258 e. The molecule has 2 fully saturated rings. The zero-order valence-electron chi connectivity index (χ0n) is 18.5. The molecule has 0 unspecified atom stereocenters. The summed E-state index contributed by atoms with van der Waals surface area (Å²) < 4.78 is 3.39. The first-order valence-electron chi connectivity index (χ1n) is 10.8. The third-order valence-electron chi connectivity index (χ3n) is 6.23. The van der Waals surface area contributed by atoms with E-state index in [1.807, 2.05) is 38.4 Å². The van der Waals surface area contributed by atoms with Crippen molar-refractivity contribution in [3.8, 4) is 11.4 Å². The normalized spacial score (nSPS) is 16.9. The number of aromatic nitrogens is 5. The minimum absolute atomic E-state index is 0.102. The van der Waals surface area contributed by atoms with Crippen LogP contribution in [0.3, 0.4) is 0 Å². The van der Waals surface area contributed by atoms with Crippen molar-refractivity contribution in [1.29, 1.82) is 0 Å². The van der Waals surface area contributed by atoms with Gasteiger partial charge in [-0.1, -0.05) is 0 Å². The van der Waals surface area contributed by atoms with Gasteiger partial charge in [0.25, 0.3) is 5.56 Å². The summed E-state index contributed by atoms with van der Waals surface area (Å²) in [5.41, 5.74) is 5.84. The number of pyridine rings is 1. The third-order valence-corrected chi connectivity index (χ3v) is 6.23. The molecule has 0 amide bonds. The molecule has 4 aromatic heterocycles. The summed E-state index contributed by atoms with van der Waals surface area (Å²) in [4.78, 5) is 24.5. The molecule has 4 aromatic rings. The first-order valence-corrected chi connectivity index (χ1v) is 11.5. The van der Waals surface area contributed by atoms with Crippen molar-refractivity contribution in [1.82, 2.24) is 29.3 Å². The molecule has 0 radical (unpaired) electrons. The van der Waals surface area contributed by atoms with E-state index in [2.05, 4.69) is 38.0 Å². The Labute approximate surface area is 190 Å². The molecule has 1 aliphatic carbocycles. The number of imidazole rings is 1. The highest BCUT2D eigenvalue weighted by atomic mass is 35.5. The third kappa shape index (κ3) is 3.63. The topological polar surface area (TPSA) is 79.8 Å². The average molecular weight is 452 g/mol. The summed E-state index contributed by atoms with van der Waals surface area (Å²) in [5.74, 6) is 0. The van der Waals surface area contributed by atoms with Crippen LogP contribution in [0, 0.1) is 13.8 Å². The Morgan fingerprint density at radius 2 is 1.88 bits per heavy atom. The summed E-state index contributed by atoms with van der Waals surface area (Å²) in [7, 11) is 0. The number of rotatable bonds is 2. The van der Waals surface area contributed by atoms with Gasteiger partial charge in [0.15, 0.2) is 5.65 Å². The van der Waals surface area contributed by atoms with Crippen molar-refractivity contribution < 1.29 is 0 Å². The summed E-state index contributed by atoms with van der Waals surface area (Å²) in [6, 6.07) is 7.49. The number of fused-ring (bicyclic) bond motifs is 2. The molecular weight excluding hydrogens is 426 g/mol. The van der Waals surface area contributed by atoms with Gasteiger partial charge in [0.2, 0.25) is 0 Å². The van der Waals surface area contributed by atoms with Crippen molar-refractivity contribution in [2.24, 2.45) is 0 Å². The van der Waals surface area contributed by atoms with Gasteiger partial charge in [0.05, 0.1) is 23.3 Å². The van der Waals surface area contributed by atoms with Crippen molar-refractivity contribution in [2.75, 3.05) is 30.9 Å². The number of aryl methyl sites for hydroxylation is 2. The molecule has 1 saturated heterocycles. The van der Waals surface area contributed by atoms with E-state index in [0.29, 0.717) is 17.0 Å². The van der Waals surface area contributed by atoms with Crippen LogP contribution >= 0.6 is 11.6 Å². The molecule has 166 valence electrons. The van der Waals surface area contributed by atoms with E-state index in [9.17, 15) is 4.79 Å². The van der Waals surface area contributed by atoms with Gasteiger partial charge in [-0.3, -0.25) is 9.20 Å². The van der Waals surface area contributed by atoms with Crippen molar-refractivity contribution in [2.45, 2.75) is 32.2 Å². The first-order chi connectivity index (χ1) is 15.5. The van der Waals surface area contributed by atoms with Gasteiger partial charge in [-0.05, 0) is 50.5 Å². The maximum Gasteiger partial charge on any atom is 0.258 e. The fourth-order valence-electron chi connectivity index (χ4n) is 4.44. The predicted octanol–water partition coefficient (Wildman–Crippen LogP) is 2.82. The number of alkyl halides is 1. The van der Waals surface area contributed by atoms with Crippen LogP contribution in [0.2, 0.25) is 0 Å². The molecule has 2 aliphatic rings. The number of nitrogens with one attached hydrogen (secondary N) is 1. The van der Waals surface area contributed by atoms with Crippen LogP contribution in [0.15, 0.2) is 41.5 Å². The highest BCUT2D eigenvalue weighted by Crippen LogP contribution is 2.38. The number of hydrogen-bond donors (Lipinski definition) is 1. The van der Waals surface area contributed by atoms with Crippen LogP contribution in [-0.4, -0.2) is 55.5 Å². The maximum atomic E-state index is 12.9. The minimum atomic E-state index is -0.102. The second kappa shape index (κ2) is 7.86. The Hall–Kier alpha value is -2.97. The molecule has 6 rings (SSSR count). The summed E-state index contributed by atoms with van der Waals surface area (Å²) in [6.45, 7) is 6.85. The zero-order chi connectivity index (χ0) is 22.5. The Balaban J connectivity index is 0.00000105. The zero-order valence-corrected chi connectivity index (χ0v) is 19.2. The molecule has 0 aromatic carbocycles. The van der Waals surface area contributed by atoms with Gasteiger partial charge in [0, 0.05) is 43.8 Å². The Bertz CT molecular complexity index is 1370. The highest BCUT2D eigenvalue weighted by Gasteiger charge is 2.45. The number of halogens is 1. The fraction of sp³-hybridized carbons (Fsp3) is 0.391. The second-order valence-electron chi connectivity index (χ2n) is 8.59. The van der Waals surface area contributed by atoms with E-state index in [0.717, 1.165) is 42.2 Å². The van der Waals surface area contributed by atoms with E-state index >= 15 is 0 Å². The van der Waals surface area contributed by atoms with Crippen LogP contribution in [0.25, 0.3) is 22.7 Å². The van der Waals surface area contributed by atoms with Crippen LogP contribution in [0.5, 0.6) is 0 Å². The van der Waals surface area contributed by atoms with E-state index in [-0.39, 0.29) is 11.1 Å². The van der Waals surface area contributed by atoms with Gasteiger partial charge in [0.1, 0.15) is 11.3 Å².